The maximum atomic E-state index is 6.08. The molecule has 0 amide bonds. The van der Waals surface area contributed by atoms with E-state index >= 15 is 0 Å². The van der Waals surface area contributed by atoms with Gasteiger partial charge < -0.3 is 11.5 Å². The molecule has 0 saturated heterocycles. The van der Waals surface area contributed by atoms with Gasteiger partial charge in [0.25, 0.3) is 0 Å². The summed E-state index contributed by atoms with van der Waals surface area (Å²) in [6.45, 7) is 0. The van der Waals surface area contributed by atoms with Crippen LogP contribution in [-0.4, -0.2) is 0 Å². The molecule has 0 rings (SSSR count). The van der Waals surface area contributed by atoms with Crippen LogP contribution in [0.5, 0.6) is 0 Å². The van der Waals surface area contributed by atoms with Crippen molar-refractivity contribution in [2.75, 3.05) is 0 Å². The summed E-state index contributed by atoms with van der Waals surface area (Å²) < 4.78 is 0. The van der Waals surface area contributed by atoms with E-state index in [1.54, 1.807) is 0 Å². The standard InChI is InChI=1S/C2H4N2/c3-1-2-4/h1-4H/q-2/b2-1+. The van der Waals surface area contributed by atoms with Gasteiger partial charge in [-0.15, -0.1) is 0 Å². The second-order valence-electron chi connectivity index (χ2n) is 0.333. The van der Waals surface area contributed by atoms with Gasteiger partial charge in [-0.05, 0) is 0 Å². The minimum Gasteiger partial charge on any atom is -0.706 e. The van der Waals surface area contributed by atoms with Gasteiger partial charge >= 0.3 is 0 Å². The Labute approximate surface area is 25.1 Å². The molecule has 0 radical (unpaired) electrons. The average Bonchev–Trinajstić information content (AvgIpc) is 1.37. The first-order valence-corrected chi connectivity index (χ1v) is 0.911. The topological polar surface area (TPSA) is 47.6 Å². The molecule has 0 bridgehead atoms. The van der Waals surface area contributed by atoms with Crippen molar-refractivity contribution in [3.8, 4) is 0 Å². The number of nitrogens with one attached hydrogen (secondary N) is 2. The van der Waals surface area contributed by atoms with Crippen LogP contribution in [0, 0.1) is 0 Å². The fourth-order valence-corrected chi connectivity index (χ4v) is 0. The van der Waals surface area contributed by atoms with Crippen LogP contribution in [0.25, 0.3) is 11.5 Å². The SMILES string of the molecule is [NH-]/C=C/[NH-]. The summed E-state index contributed by atoms with van der Waals surface area (Å²) >= 11 is 0. The molecule has 0 heterocycles. The zero-order valence-electron chi connectivity index (χ0n) is 2.15. The van der Waals surface area contributed by atoms with Crippen LogP contribution >= 0.6 is 0 Å². The normalized spacial score (nSPS) is 9.00. The summed E-state index contributed by atoms with van der Waals surface area (Å²) in [6, 6.07) is 0. The first kappa shape index (κ1) is 3.34. The Kier molecular flexibility index (Phi) is 1.95. The highest BCUT2D eigenvalue weighted by molar-refractivity contribution is 4.88. The van der Waals surface area contributed by atoms with Gasteiger partial charge in [-0.2, -0.15) is 0 Å². The van der Waals surface area contributed by atoms with Crippen LogP contribution in [0.3, 0.4) is 0 Å². The van der Waals surface area contributed by atoms with Crippen LogP contribution in [0.15, 0.2) is 12.4 Å². The van der Waals surface area contributed by atoms with E-state index in [1.165, 1.54) is 0 Å². The molecule has 0 spiro atoms. The van der Waals surface area contributed by atoms with Crippen molar-refractivity contribution in [1.29, 1.82) is 0 Å². The molecular formula is C2H4N2-2. The molecule has 4 heavy (non-hydrogen) atoms. The monoisotopic (exact) mass is 56.0 g/mol. The molecule has 0 unspecified atom stereocenters. The quantitative estimate of drug-likeness (QED) is 0.404. The second kappa shape index (κ2) is 2.34. The van der Waals surface area contributed by atoms with E-state index in [1.807, 2.05) is 0 Å². The van der Waals surface area contributed by atoms with E-state index in [-0.39, 0.29) is 0 Å². The first-order chi connectivity index (χ1) is 1.91. The van der Waals surface area contributed by atoms with Crippen LogP contribution in [0.4, 0.5) is 0 Å². The lowest BCUT2D eigenvalue weighted by Gasteiger charge is -1.81. The number of hydrogen-bond donors (Lipinski definition) is 0. The third-order valence-electron chi connectivity index (χ3n) is 0.0833. The van der Waals surface area contributed by atoms with Gasteiger partial charge in [0.05, 0.1) is 0 Å². The molecule has 2 heteroatoms. The molecule has 0 aliphatic rings. The molecule has 0 aromatic carbocycles. The summed E-state index contributed by atoms with van der Waals surface area (Å²) in [6.07, 6.45) is 1.83. The minimum atomic E-state index is 0.917. The van der Waals surface area contributed by atoms with E-state index in [4.69, 9.17) is 11.5 Å². The Balaban J connectivity index is 2.55. The summed E-state index contributed by atoms with van der Waals surface area (Å²) in [5.74, 6) is 0. The van der Waals surface area contributed by atoms with Crippen molar-refractivity contribution < 1.29 is 0 Å². The Morgan fingerprint density at radius 1 is 1.00 bits per heavy atom. The predicted octanol–water partition coefficient (Wildman–Crippen LogP) is 1.56. The summed E-state index contributed by atoms with van der Waals surface area (Å²) in [7, 11) is 0. The van der Waals surface area contributed by atoms with Crippen molar-refractivity contribution in [2.24, 2.45) is 0 Å². The van der Waals surface area contributed by atoms with E-state index in [2.05, 4.69) is 0 Å². The molecule has 24 valence electrons. The van der Waals surface area contributed by atoms with E-state index in [0.717, 1.165) is 12.4 Å². The first-order valence-electron chi connectivity index (χ1n) is 0.911. The van der Waals surface area contributed by atoms with Crippen molar-refractivity contribution in [1.82, 2.24) is 0 Å². The summed E-state index contributed by atoms with van der Waals surface area (Å²) in [4.78, 5) is 0. The van der Waals surface area contributed by atoms with Crippen molar-refractivity contribution in [3.05, 3.63) is 23.9 Å². The molecule has 0 aromatic rings. The van der Waals surface area contributed by atoms with Gasteiger partial charge in [-0.3, -0.25) is 0 Å². The van der Waals surface area contributed by atoms with Gasteiger partial charge in [0.2, 0.25) is 0 Å². The van der Waals surface area contributed by atoms with E-state index < -0.39 is 0 Å². The van der Waals surface area contributed by atoms with Gasteiger partial charge in [0, 0.05) is 0 Å². The van der Waals surface area contributed by atoms with Crippen molar-refractivity contribution in [3.63, 3.8) is 0 Å². The van der Waals surface area contributed by atoms with Crippen LogP contribution in [0.1, 0.15) is 0 Å². The lowest BCUT2D eigenvalue weighted by molar-refractivity contribution is 2.05. The fourth-order valence-electron chi connectivity index (χ4n) is 0. The maximum absolute atomic E-state index is 6.08. The van der Waals surface area contributed by atoms with Gasteiger partial charge in [0.1, 0.15) is 0 Å². The van der Waals surface area contributed by atoms with Crippen molar-refractivity contribution >= 4 is 0 Å². The van der Waals surface area contributed by atoms with Gasteiger partial charge in [-0.1, -0.05) is 0 Å². The Bertz CT molecular complexity index is 19.2. The van der Waals surface area contributed by atoms with Gasteiger partial charge in [0.15, 0.2) is 0 Å². The molecule has 0 atom stereocenters. The summed E-state index contributed by atoms with van der Waals surface area (Å²) in [5, 5.41) is 0. The molecule has 0 aliphatic heterocycles. The molecule has 2 nitrogen and oxygen atoms in total. The average molecular weight is 56.1 g/mol. The molecule has 0 fully saturated rings. The molecule has 2 N–H and O–H groups in total. The largest absolute Gasteiger partial charge is 0.706 e. The number of hydrogen-bond acceptors (Lipinski definition) is 0. The zero-order chi connectivity index (χ0) is 3.41. The Morgan fingerprint density at radius 2 is 1.25 bits per heavy atom. The zero-order valence-corrected chi connectivity index (χ0v) is 2.15. The van der Waals surface area contributed by atoms with Crippen LogP contribution in [0.2, 0.25) is 0 Å². The molecule has 0 aromatic heterocycles. The highest BCUT2D eigenvalue weighted by Crippen LogP contribution is 1.62. The van der Waals surface area contributed by atoms with Crippen molar-refractivity contribution in [2.45, 2.75) is 0 Å². The lowest BCUT2D eigenvalue weighted by atomic mass is 11.0. The lowest BCUT2D eigenvalue weighted by Crippen LogP contribution is -1.22. The highest BCUT2D eigenvalue weighted by atomic mass is 14.6. The molecule has 0 saturated carbocycles. The minimum absolute atomic E-state index is 0.917. The second-order valence-corrected chi connectivity index (χ2v) is 0.333. The van der Waals surface area contributed by atoms with E-state index in [0.29, 0.717) is 0 Å². The van der Waals surface area contributed by atoms with E-state index in [9.17, 15) is 0 Å². The van der Waals surface area contributed by atoms with Crippen LogP contribution in [-0.2, 0) is 0 Å². The smallest absolute Gasteiger partial charge is 0.204 e. The Morgan fingerprint density at radius 3 is 1.25 bits per heavy atom. The number of rotatable bonds is 0. The maximum Gasteiger partial charge on any atom is -0.204 e. The predicted molar refractivity (Wildman–Crippen MR) is 17.8 cm³/mol. The molecular weight excluding hydrogens is 52.0 g/mol. The highest BCUT2D eigenvalue weighted by Gasteiger charge is 1.07. The summed E-state index contributed by atoms with van der Waals surface area (Å²) in [5.41, 5.74) is 12.2. The molecule has 0 aliphatic carbocycles. The van der Waals surface area contributed by atoms with Gasteiger partial charge in [-0.25, -0.2) is 12.4 Å². The fraction of sp³-hybridized carbons (Fsp3) is 0. The Hall–Kier alpha value is -0.660. The third kappa shape index (κ3) is 1.34. The third-order valence-corrected chi connectivity index (χ3v) is 0.0833. The van der Waals surface area contributed by atoms with Crippen LogP contribution < -0.4 is 0 Å².